The van der Waals surface area contributed by atoms with Gasteiger partial charge >= 0.3 is 0 Å². The molecule has 0 radical (unpaired) electrons. The summed E-state index contributed by atoms with van der Waals surface area (Å²) in [5, 5.41) is 11.9. The Morgan fingerprint density at radius 3 is 2.78 bits per heavy atom. The number of thiazole rings is 1. The summed E-state index contributed by atoms with van der Waals surface area (Å²) in [6.07, 6.45) is -0.0177. The van der Waals surface area contributed by atoms with Crippen molar-refractivity contribution in [3.63, 3.8) is 0 Å². The summed E-state index contributed by atoms with van der Waals surface area (Å²) in [7, 11) is 0. The second-order valence-electron chi connectivity index (χ2n) is 4.13. The molecule has 0 amide bonds. The molecular formula is C13H13ClINOS. The van der Waals surface area contributed by atoms with Crippen molar-refractivity contribution in [1.82, 2.24) is 4.98 Å². The van der Waals surface area contributed by atoms with E-state index in [0.29, 0.717) is 11.4 Å². The van der Waals surface area contributed by atoms with Gasteiger partial charge in [0, 0.05) is 19.9 Å². The van der Waals surface area contributed by atoms with Crippen molar-refractivity contribution in [3.8, 4) is 0 Å². The lowest BCUT2D eigenvalue weighted by molar-refractivity contribution is 0.177. The van der Waals surface area contributed by atoms with E-state index in [0.717, 1.165) is 19.8 Å². The third kappa shape index (κ3) is 3.23. The molecule has 1 unspecified atom stereocenters. The van der Waals surface area contributed by atoms with Gasteiger partial charge in [0.1, 0.15) is 0 Å². The Morgan fingerprint density at radius 2 is 2.17 bits per heavy atom. The monoisotopic (exact) mass is 393 g/mol. The van der Waals surface area contributed by atoms with Crippen LogP contribution in [0, 0.1) is 17.4 Å². The Bertz CT molecular complexity index is 551. The normalized spacial score (nSPS) is 12.7. The summed E-state index contributed by atoms with van der Waals surface area (Å²) >= 11 is 9.82. The lowest BCUT2D eigenvalue weighted by Gasteiger charge is -2.11. The van der Waals surface area contributed by atoms with Gasteiger partial charge in [-0.15, -0.1) is 11.3 Å². The second-order valence-corrected chi connectivity index (χ2v) is 7.02. The van der Waals surface area contributed by atoms with Crippen molar-refractivity contribution in [2.24, 2.45) is 0 Å². The largest absolute Gasteiger partial charge is 0.388 e. The van der Waals surface area contributed by atoms with Gasteiger partial charge in [-0.25, -0.2) is 4.98 Å². The fraction of sp³-hybridized carbons (Fsp3) is 0.308. The molecule has 0 bridgehead atoms. The molecule has 1 aromatic carbocycles. The molecule has 0 saturated carbocycles. The van der Waals surface area contributed by atoms with Crippen molar-refractivity contribution in [2.75, 3.05) is 0 Å². The van der Waals surface area contributed by atoms with Crippen LogP contribution in [-0.2, 0) is 6.42 Å². The Labute approximate surface area is 129 Å². The van der Waals surface area contributed by atoms with Crippen LogP contribution in [-0.4, -0.2) is 10.1 Å². The standard InChI is InChI=1S/C13H13ClINOS/c1-7-8(2)18-13(16-7)6-12(17)10-5-9(14)3-4-11(10)15/h3-5,12,17H,6H2,1-2H3. The van der Waals surface area contributed by atoms with Gasteiger partial charge in [0.2, 0.25) is 0 Å². The summed E-state index contributed by atoms with van der Waals surface area (Å²) in [6, 6.07) is 5.57. The smallest absolute Gasteiger partial charge is 0.0960 e. The molecule has 0 saturated heterocycles. The minimum atomic E-state index is -0.555. The summed E-state index contributed by atoms with van der Waals surface area (Å²) < 4.78 is 1.02. The summed E-state index contributed by atoms with van der Waals surface area (Å²) in [5.74, 6) is 0. The van der Waals surface area contributed by atoms with Gasteiger partial charge in [0.15, 0.2) is 0 Å². The van der Waals surface area contributed by atoms with E-state index >= 15 is 0 Å². The number of rotatable bonds is 3. The minimum absolute atomic E-state index is 0.537. The zero-order chi connectivity index (χ0) is 13.3. The Balaban J connectivity index is 2.21. The van der Waals surface area contributed by atoms with Crippen LogP contribution in [0.1, 0.15) is 27.2 Å². The fourth-order valence-corrected chi connectivity index (χ4v) is 3.52. The number of aromatic nitrogens is 1. The van der Waals surface area contributed by atoms with Gasteiger partial charge in [0.25, 0.3) is 0 Å². The zero-order valence-corrected chi connectivity index (χ0v) is 13.8. The molecule has 1 atom stereocenters. The van der Waals surface area contributed by atoms with Crippen molar-refractivity contribution in [1.29, 1.82) is 0 Å². The molecular weight excluding hydrogens is 381 g/mol. The molecule has 18 heavy (non-hydrogen) atoms. The Kier molecular flexibility index (Phi) is 4.64. The van der Waals surface area contributed by atoms with Crippen LogP contribution < -0.4 is 0 Å². The lowest BCUT2D eigenvalue weighted by atomic mass is 10.1. The minimum Gasteiger partial charge on any atom is -0.388 e. The first-order valence-electron chi connectivity index (χ1n) is 5.53. The van der Waals surface area contributed by atoms with Gasteiger partial charge in [-0.3, -0.25) is 0 Å². The number of aliphatic hydroxyl groups excluding tert-OH is 1. The molecule has 2 nitrogen and oxygen atoms in total. The molecule has 0 spiro atoms. The topological polar surface area (TPSA) is 33.1 Å². The van der Waals surface area contributed by atoms with Crippen LogP contribution in [0.25, 0.3) is 0 Å². The molecule has 2 rings (SSSR count). The Hall–Kier alpha value is -0.170. The average molecular weight is 394 g/mol. The van der Waals surface area contributed by atoms with Crippen LogP contribution in [0.5, 0.6) is 0 Å². The highest BCUT2D eigenvalue weighted by Gasteiger charge is 2.15. The molecule has 0 fully saturated rings. The predicted molar refractivity (Wildman–Crippen MR) is 84.4 cm³/mol. The highest BCUT2D eigenvalue weighted by atomic mass is 127. The van der Waals surface area contributed by atoms with Gasteiger partial charge in [-0.2, -0.15) is 0 Å². The Morgan fingerprint density at radius 1 is 1.44 bits per heavy atom. The van der Waals surface area contributed by atoms with Gasteiger partial charge in [0.05, 0.1) is 16.8 Å². The summed E-state index contributed by atoms with van der Waals surface area (Å²) in [4.78, 5) is 5.66. The first-order chi connectivity index (χ1) is 8.47. The molecule has 96 valence electrons. The molecule has 0 aliphatic heterocycles. The van der Waals surface area contributed by atoms with Crippen LogP contribution >= 0.6 is 45.5 Å². The number of nitrogens with zero attached hydrogens (tertiary/aromatic N) is 1. The predicted octanol–water partition coefficient (Wildman–Crippen LogP) is 4.29. The van der Waals surface area contributed by atoms with E-state index in [9.17, 15) is 5.11 Å². The third-order valence-electron chi connectivity index (χ3n) is 2.76. The number of hydrogen-bond donors (Lipinski definition) is 1. The first kappa shape index (κ1) is 14.2. The number of benzene rings is 1. The van der Waals surface area contributed by atoms with Crippen LogP contribution in [0.3, 0.4) is 0 Å². The molecule has 0 aliphatic rings. The summed E-state index contributed by atoms with van der Waals surface area (Å²) in [5.41, 5.74) is 1.91. The maximum absolute atomic E-state index is 10.3. The van der Waals surface area contributed by atoms with E-state index in [1.807, 2.05) is 32.0 Å². The van der Waals surface area contributed by atoms with E-state index in [2.05, 4.69) is 27.6 Å². The van der Waals surface area contributed by atoms with Crippen LogP contribution in [0.15, 0.2) is 18.2 Å². The average Bonchev–Trinajstić information content (AvgIpc) is 2.61. The molecule has 1 aromatic heterocycles. The highest BCUT2D eigenvalue weighted by Crippen LogP contribution is 2.28. The maximum atomic E-state index is 10.3. The van der Waals surface area contributed by atoms with E-state index < -0.39 is 6.10 Å². The first-order valence-corrected chi connectivity index (χ1v) is 7.80. The zero-order valence-electron chi connectivity index (χ0n) is 10.1. The second kappa shape index (κ2) is 5.86. The molecule has 1 N–H and O–H groups in total. The van der Waals surface area contributed by atoms with Crippen molar-refractivity contribution >= 4 is 45.5 Å². The number of hydrogen-bond acceptors (Lipinski definition) is 3. The van der Waals surface area contributed by atoms with E-state index in [1.54, 1.807) is 11.3 Å². The maximum Gasteiger partial charge on any atom is 0.0960 e. The molecule has 2 aromatic rings. The van der Waals surface area contributed by atoms with E-state index in [1.165, 1.54) is 4.88 Å². The number of aryl methyl sites for hydroxylation is 2. The lowest BCUT2D eigenvalue weighted by Crippen LogP contribution is -2.03. The van der Waals surface area contributed by atoms with Crippen LogP contribution in [0.4, 0.5) is 0 Å². The van der Waals surface area contributed by atoms with Crippen molar-refractivity contribution in [3.05, 3.63) is 47.9 Å². The van der Waals surface area contributed by atoms with Gasteiger partial charge in [-0.05, 0) is 60.2 Å². The summed E-state index contributed by atoms with van der Waals surface area (Å²) in [6.45, 7) is 4.04. The van der Waals surface area contributed by atoms with Gasteiger partial charge < -0.3 is 5.11 Å². The SMILES string of the molecule is Cc1nc(CC(O)c2cc(Cl)ccc2I)sc1C. The van der Waals surface area contributed by atoms with Crippen LogP contribution in [0.2, 0.25) is 5.02 Å². The number of aliphatic hydroxyl groups is 1. The third-order valence-corrected chi connectivity index (χ3v) is 5.07. The van der Waals surface area contributed by atoms with Gasteiger partial charge in [-0.1, -0.05) is 11.6 Å². The molecule has 5 heteroatoms. The molecule has 0 aliphatic carbocycles. The van der Waals surface area contributed by atoms with E-state index in [-0.39, 0.29) is 0 Å². The number of halogens is 2. The van der Waals surface area contributed by atoms with Crippen molar-refractivity contribution in [2.45, 2.75) is 26.4 Å². The quantitative estimate of drug-likeness (QED) is 0.789. The van der Waals surface area contributed by atoms with E-state index in [4.69, 9.17) is 11.6 Å². The van der Waals surface area contributed by atoms with Crippen molar-refractivity contribution < 1.29 is 5.11 Å². The molecule has 1 heterocycles. The fourth-order valence-electron chi connectivity index (χ4n) is 1.67. The highest BCUT2D eigenvalue weighted by molar-refractivity contribution is 14.1.